The summed E-state index contributed by atoms with van der Waals surface area (Å²) in [6.07, 6.45) is 2.15. The number of benzene rings is 1. The summed E-state index contributed by atoms with van der Waals surface area (Å²) in [7, 11) is 1.46. The van der Waals surface area contributed by atoms with Gasteiger partial charge in [-0.1, -0.05) is 26.0 Å². The molecule has 0 radical (unpaired) electrons. The number of carbonyl (C=O) groups is 2. The van der Waals surface area contributed by atoms with Crippen LogP contribution in [0.4, 0.5) is 0 Å². The molecule has 2 rings (SSSR count). The molecule has 0 saturated carbocycles. The van der Waals surface area contributed by atoms with Gasteiger partial charge in [-0.3, -0.25) is 14.5 Å². The SMILES string of the molecule is CC(C)CC1=N/C(=C\c2ccc(O)cc2)C(=O)N(C)C1=O. The average Bonchev–Trinajstić information content (AvgIpc) is 2.43. The molecule has 0 aromatic heterocycles. The Bertz CT molecular complexity index is 627. The quantitative estimate of drug-likeness (QED) is 0.684. The Morgan fingerprint density at radius 3 is 2.38 bits per heavy atom. The van der Waals surface area contributed by atoms with Gasteiger partial charge in [0.25, 0.3) is 11.8 Å². The Labute approximate surface area is 123 Å². The number of aliphatic imine (C=N–C) groups is 1. The van der Waals surface area contributed by atoms with Crippen molar-refractivity contribution in [1.82, 2.24) is 4.90 Å². The maximum Gasteiger partial charge on any atom is 0.279 e. The number of phenolic OH excluding ortho intramolecular Hbond substituents is 1. The van der Waals surface area contributed by atoms with Crippen LogP contribution in [0.25, 0.3) is 6.08 Å². The van der Waals surface area contributed by atoms with E-state index in [1.807, 2.05) is 13.8 Å². The zero-order chi connectivity index (χ0) is 15.6. The smallest absolute Gasteiger partial charge is 0.279 e. The third-order valence-corrected chi connectivity index (χ3v) is 3.13. The molecule has 110 valence electrons. The predicted octanol–water partition coefficient (Wildman–Crippen LogP) is 2.22. The zero-order valence-corrected chi connectivity index (χ0v) is 12.3. The number of nitrogens with zero attached hydrogens (tertiary/aromatic N) is 2. The van der Waals surface area contributed by atoms with Crippen molar-refractivity contribution in [2.75, 3.05) is 7.05 Å². The fourth-order valence-electron chi connectivity index (χ4n) is 2.04. The highest BCUT2D eigenvalue weighted by Crippen LogP contribution is 2.19. The van der Waals surface area contributed by atoms with Gasteiger partial charge in [0.2, 0.25) is 0 Å². The highest BCUT2D eigenvalue weighted by atomic mass is 16.3. The largest absolute Gasteiger partial charge is 0.508 e. The van der Waals surface area contributed by atoms with Gasteiger partial charge in [-0.15, -0.1) is 0 Å². The van der Waals surface area contributed by atoms with Crippen molar-refractivity contribution in [3.8, 4) is 5.75 Å². The lowest BCUT2D eigenvalue weighted by atomic mass is 10.0. The van der Waals surface area contributed by atoms with Gasteiger partial charge in [0.15, 0.2) is 0 Å². The molecule has 1 aromatic carbocycles. The van der Waals surface area contributed by atoms with E-state index < -0.39 is 5.91 Å². The number of likely N-dealkylation sites (N-methyl/N-ethyl adjacent to an activating group) is 1. The first-order valence-corrected chi connectivity index (χ1v) is 6.79. The van der Waals surface area contributed by atoms with E-state index in [0.29, 0.717) is 12.1 Å². The van der Waals surface area contributed by atoms with Gasteiger partial charge in [0, 0.05) is 7.05 Å². The van der Waals surface area contributed by atoms with Crippen LogP contribution in [-0.4, -0.2) is 34.6 Å². The van der Waals surface area contributed by atoms with E-state index in [1.165, 1.54) is 19.2 Å². The van der Waals surface area contributed by atoms with Crippen LogP contribution in [0.3, 0.4) is 0 Å². The number of carbonyl (C=O) groups excluding carboxylic acids is 2. The van der Waals surface area contributed by atoms with Crippen molar-refractivity contribution in [3.63, 3.8) is 0 Å². The van der Waals surface area contributed by atoms with E-state index >= 15 is 0 Å². The minimum absolute atomic E-state index is 0.156. The van der Waals surface area contributed by atoms with Crippen molar-refractivity contribution in [3.05, 3.63) is 35.5 Å². The van der Waals surface area contributed by atoms with Gasteiger partial charge >= 0.3 is 0 Å². The van der Waals surface area contributed by atoms with E-state index in [0.717, 1.165) is 10.5 Å². The third kappa shape index (κ3) is 3.37. The van der Waals surface area contributed by atoms with Crippen LogP contribution < -0.4 is 0 Å². The van der Waals surface area contributed by atoms with Gasteiger partial charge < -0.3 is 5.11 Å². The fraction of sp³-hybridized carbons (Fsp3) is 0.312. The summed E-state index contributed by atoms with van der Waals surface area (Å²) >= 11 is 0. The fourth-order valence-corrected chi connectivity index (χ4v) is 2.04. The van der Waals surface area contributed by atoms with Gasteiger partial charge in [0.05, 0.1) is 0 Å². The first kappa shape index (κ1) is 15.0. The number of hydrogen-bond acceptors (Lipinski definition) is 4. The van der Waals surface area contributed by atoms with Crippen LogP contribution in [0.2, 0.25) is 0 Å². The lowest BCUT2D eigenvalue weighted by Gasteiger charge is -2.22. The molecule has 0 aliphatic carbocycles. The van der Waals surface area contributed by atoms with Crippen LogP contribution >= 0.6 is 0 Å². The van der Waals surface area contributed by atoms with E-state index in [9.17, 15) is 14.7 Å². The molecule has 1 N–H and O–H groups in total. The molecule has 1 aliphatic heterocycles. The van der Waals surface area contributed by atoms with E-state index in [2.05, 4.69) is 4.99 Å². The molecule has 0 spiro atoms. The van der Waals surface area contributed by atoms with Gasteiger partial charge in [-0.2, -0.15) is 0 Å². The average molecular weight is 286 g/mol. The summed E-state index contributed by atoms with van der Waals surface area (Å²) < 4.78 is 0. The van der Waals surface area contributed by atoms with Crippen molar-refractivity contribution in [1.29, 1.82) is 0 Å². The second-order valence-corrected chi connectivity index (χ2v) is 5.45. The molecule has 5 nitrogen and oxygen atoms in total. The molecule has 0 bridgehead atoms. The Hall–Kier alpha value is -2.43. The molecule has 0 fully saturated rings. The van der Waals surface area contributed by atoms with Crippen molar-refractivity contribution < 1.29 is 14.7 Å². The standard InChI is InChI=1S/C16H18N2O3/c1-10(2)8-13-15(20)18(3)16(21)14(17-13)9-11-4-6-12(19)7-5-11/h4-7,9-10,19H,8H2,1-3H3/b14-9-. The molecule has 1 heterocycles. The number of aromatic hydroxyl groups is 1. The van der Waals surface area contributed by atoms with Crippen molar-refractivity contribution in [2.24, 2.45) is 10.9 Å². The molecule has 2 amide bonds. The number of hydrogen-bond donors (Lipinski definition) is 1. The molecule has 0 atom stereocenters. The monoisotopic (exact) mass is 286 g/mol. The minimum atomic E-state index is -0.416. The Kier molecular flexibility index (Phi) is 4.21. The number of phenols is 1. The number of rotatable bonds is 3. The molecule has 1 aromatic rings. The highest BCUT2D eigenvalue weighted by molar-refractivity contribution is 6.44. The number of amides is 2. The lowest BCUT2D eigenvalue weighted by Crippen LogP contribution is -2.42. The molecule has 5 heteroatoms. The lowest BCUT2D eigenvalue weighted by molar-refractivity contribution is -0.137. The van der Waals surface area contributed by atoms with Crippen molar-refractivity contribution >= 4 is 23.6 Å². The number of imide groups is 1. The normalized spacial score (nSPS) is 17.6. The van der Waals surface area contributed by atoms with Crippen LogP contribution in [-0.2, 0) is 9.59 Å². The third-order valence-electron chi connectivity index (χ3n) is 3.13. The summed E-state index contributed by atoms with van der Waals surface area (Å²) in [5, 5.41) is 9.26. The van der Waals surface area contributed by atoms with Gasteiger partial charge in [-0.05, 0) is 36.1 Å². The summed E-state index contributed by atoms with van der Waals surface area (Å²) in [6.45, 7) is 3.99. The van der Waals surface area contributed by atoms with Gasteiger partial charge in [-0.25, -0.2) is 4.99 Å². The van der Waals surface area contributed by atoms with Crippen molar-refractivity contribution in [2.45, 2.75) is 20.3 Å². The predicted molar refractivity (Wildman–Crippen MR) is 80.8 cm³/mol. The van der Waals surface area contributed by atoms with Crippen LogP contribution in [0, 0.1) is 5.92 Å². The summed E-state index contributed by atoms with van der Waals surface area (Å²) in [5.41, 5.74) is 1.38. The van der Waals surface area contributed by atoms with Crippen LogP contribution in [0.5, 0.6) is 5.75 Å². The van der Waals surface area contributed by atoms with Crippen LogP contribution in [0.1, 0.15) is 25.8 Å². The van der Waals surface area contributed by atoms with Crippen LogP contribution in [0.15, 0.2) is 35.0 Å². The maximum atomic E-state index is 12.1. The molecular formula is C16H18N2O3. The second kappa shape index (κ2) is 5.91. The minimum Gasteiger partial charge on any atom is -0.508 e. The first-order valence-electron chi connectivity index (χ1n) is 6.79. The maximum absolute atomic E-state index is 12.1. The van der Waals surface area contributed by atoms with E-state index in [4.69, 9.17) is 0 Å². The Balaban J connectivity index is 2.40. The van der Waals surface area contributed by atoms with E-state index in [1.54, 1.807) is 18.2 Å². The summed E-state index contributed by atoms with van der Waals surface area (Å²) in [4.78, 5) is 29.5. The molecule has 21 heavy (non-hydrogen) atoms. The highest BCUT2D eigenvalue weighted by Gasteiger charge is 2.30. The molecule has 0 unspecified atom stereocenters. The molecule has 1 aliphatic rings. The van der Waals surface area contributed by atoms with E-state index in [-0.39, 0.29) is 23.3 Å². The Morgan fingerprint density at radius 1 is 1.19 bits per heavy atom. The second-order valence-electron chi connectivity index (χ2n) is 5.45. The zero-order valence-electron chi connectivity index (χ0n) is 12.3. The molecule has 0 saturated heterocycles. The summed E-state index contributed by atoms with van der Waals surface area (Å²) in [6, 6.07) is 6.44. The molecular weight excluding hydrogens is 268 g/mol. The van der Waals surface area contributed by atoms with Gasteiger partial charge in [0.1, 0.15) is 17.2 Å². The topological polar surface area (TPSA) is 70.0 Å². The first-order chi connectivity index (χ1) is 9.88. The Morgan fingerprint density at radius 2 is 1.81 bits per heavy atom. The summed E-state index contributed by atoms with van der Waals surface area (Å²) in [5.74, 6) is -0.315.